The van der Waals surface area contributed by atoms with Gasteiger partial charge in [0, 0.05) is 0 Å². The smallest absolute Gasteiger partial charge is 0.0000000000184 e. The van der Waals surface area contributed by atoms with E-state index in [0.717, 1.165) is 0 Å². The van der Waals surface area contributed by atoms with Crippen molar-refractivity contribution in [2.45, 2.75) is 0 Å². The highest BCUT2D eigenvalue weighted by molar-refractivity contribution is 9.19. The van der Waals surface area contributed by atoms with Gasteiger partial charge in [-0.1, -0.05) is 17.9 Å². The summed E-state index contributed by atoms with van der Waals surface area (Å²) in [6.07, 6.45) is 0. The van der Waals surface area contributed by atoms with E-state index < -0.39 is 21.0 Å². The molecule has 3 unspecified atom stereocenters. The lowest BCUT2D eigenvalue weighted by molar-refractivity contribution is 4.66. The summed E-state index contributed by atoms with van der Waals surface area (Å²) in [5.74, 6) is 0. The van der Waals surface area contributed by atoms with Crippen LogP contribution in [-0.4, -0.2) is 0 Å². The van der Waals surface area contributed by atoms with E-state index in [-0.39, 0.29) is 14.0 Å². The van der Waals surface area contributed by atoms with Gasteiger partial charge in [0.05, 0.1) is 0 Å². The van der Waals surface area contributed by atoms with Crippen LogP contribution < -0.4 is 0 Å². The van der Waals surface area contributed by atoms with E-state index in [1.807, 2.05) is 0 Å². The van der Waals surface area contributed by atoms with Crippen LogP contribution >= 0.6 is 97.4 Å². The first kappa shape index (κ1) is 17.2. The van der Waals surface area contributed by atoms with Crippen molar-refractivity contribution < 1.29 is 0 Å². The zero-order valence-electron chi connectivity index (χ0n) is 5.47. The van der Waals surface area contributed by atoms with Crippen LogP contribution in [0.3, 0.4) is 0 Å². The monoisotopic (exact) mass is 374 g/mol. The number of rotatable bonds is 4. The summed E-state index contributed by atoms with van der Waals surface area (Å²) in [5, 5.41) is 0. The minimum atomic E-state index is -0.554. The zero-order valence-corrected chi connectivity index (χ0v) is 16.4. The van der Waals surface area contributed by atoms with Crippen LogP contribution in [0.4, 0.5) is 0 Å². The fraction of sp³-hybridized carbons (Fsp3) is 0. The molecule has 12 heteroatoms. The maximum atomic E-state index is 4.54. The van der Waals surface area contributed by atoms with E-state index in [0.29, 0.717) is 0 Å². The minimum Gasteiger partial charge on any atom is -0.0587 e. The first-order chi connectivity index (χ1) is 5.37. The highest BCUT2D eigenvalue weighted by Gasteiger charge is 2.27. The standard InChI is InChI=1S/H2P12/c1-8(2)10(5)12(7)11(6)9(3)4/h1-2H. The van der Waals surface area contributed by atoms with Crippen LogP contribution in [-0.2, 0) is 0 Å². The molecular formula is H2P12. The highest BCUT2D eigenvalue weighted by atomic mass is 33.2. The van der Waals surface area contributed by atoms with Gasteiger partial charge in [-0.2, -0.15) is 0 Å². The predicted molar refractivity (Wildman–Crippen MR) is 85.8 cm³/mol. The Hall–Kier alpha value is 5.16. The molecule has 0 N–H and O–H groups in total. The van der Waals surface area contributed by atoms with E-state index in [1.165, 1.54) is 0 Å². The second kappa shape index (κ2) is 9.14. The third kappa shape index (κ3) is 6.79. The van der Waals surface area contributed by atoms with Gasteiger partial charge in [0.15, 0.2) is 0 Å². The quantitative estimate of drug-likeness (QED) is 0.430. The van der Waals surface area contributed by atoms with E-state index in [9.17, 15) is 0 Å². The molecule has 0 saturated heterocycles. The Labute approximate surface area is 97.0 Å². The van der Waals surface area contributed by atoms with Crippen molar-refractivity contribution in [2.24, 2.45) is 0 Å². The van der Waals surface area contributed by atoms with Crippen molar-refractivity contribution in [1.29, 1.82) is 0 Å². The lowest BCUT2D eigenvalue weighted by Gasteiger charge is -2.27. The first-order valence-electron chi connectivity index (χ1n) is 2.25. The van der Waals surface area contributed by atoms with Gasteiger partial charge < -0.3 is 0 Å². The molecule has 0 amide bonds. The number of hydrogen-bond acceptors (Lipinski definition) is 0. The van der Waals surface area contributed by atoms with Crippen molar-refractivity contribution in [3.05, 3.63) is 0 Å². The Kier molecular flexibility index (Phi) is 13.1. The van der Waals surface area contributed by atoms with E-state index >= 15 is 0 Å². The lowest BCUT2D eigenvalue weighted by atomic mass is 28.7. The van der Waals surface area contributed by atoms with Crippen LogP contribution in [0.2, 0.25) is 0 Å². The van der Waals surface area contributed by atoms with Gasteiger partial charge in [-0.25, -0.2) is 0 Å². The van der Waals surface area contributed by atoms with Gasteiger partial charge in [0.1, 0.15) is 0 Å². The maximum absolute atomic E-state index is 4.54. The molecule has 0 rings (SSSR count). The summed E-state index contributed by atoms with van der Waals surface area (Å²) in [6.45, 7) is -2.17. The van der Waals surface area contributed by atoms with E-state index in [1.54, 1.807) is 0 Å². The Morgan fingerprint density at radius 3 is 1.33 bits per heavy atom. The van der Waals surface area contributed by atoms with Crippen molar-refractivity contribution in [3.63, 3.8) is 0 Å². The zero-order chi connectivity index (χ0) is 9.89. The Balaban J connectivity index is 4.08. The molecule has 0 heterocycles. The lowest BCUT2D eigenvalue weighted by Crippen LogP contribution is -1.40. The fourth-order valence-electron chi connectivity index (χ4n) is 0.223. The van der Waals surface area contributed by atoms with Crippen LogP contribution in [0, 0.1) is 0 Å². The third-order valence-corrected chi connectivity index (χ3v) is 53.4. The topological polar surface area (TPSA) is 0 Å². The second-order valence-electron chi connectivity index (χ2n) is 1.39. The molecule has 0 bridgehead atoms. The molecule has 0 fully saturated rings. The normalized spacial score (nSPS) is 19.8. The average Bonchev–Trinajstić information content (AvgIpc) is 2.00. The Bertz CT molecular complexity index is 99.2. The molecule has 0 aromatic rings. The van der Waals surface area contributed by atoms with Crippen LogP contribution in [0.1, 0.15) is 0 Å². The molecule has 12 radical (unpaired) electrons. The molecule has 0 spiro atoms. The molecule has 62 valence electrons. The van der Waals surface area contributed by atoms with Crippen LogP contribution in [0.15, 0.2) is 0 Å². The molecule has 0 nitrogen and oxygen atoms in total. The van der Waals surface area contributed by atoms with Crippen molar-refractivity contribution >= 4 is 97.4 Å². The second-order valence-corrected chi connectivity index (χ2v) is 37.4. The Morgan fingerprint density at radius 1 is 0.667 bits per heavy atom. The van der Waals surface area contributed by atoms with Gasteiger partial charge in [-0.3, -0.25) is 0 Å². The molecule has 0 aliphatic rings. The molecular weight excluding hydrogens is 372 g/mol. The third-order valence-electron chi connectivity index (χ3n) is 0.659. The molecule has 0 aromatic heterocycles. The van der Waals surface area contributed by atoms with Crippen LogP contribution in [0.5, 0.6) is 0 Å². The molecule has 3 atom stereocenters. The largest absolute Gasteiger partial charge is 0.0587 e. The summed E-state index contributed by atoms with van der Waals surface area (Å²) >= 11 is 0. The number of hydrogen-bond donors (Lipinski definition) is 0. The van der Waals surface area contributed by atoms with Gasteiger partial charge in [0.2, 0.25) is 0 Å². The van der Waals surface area contributed by atoms with Crippen molar-refractivity contribution in [1.82, 2.24) is 0 Å². The van der Waals surface area contributed by atoms with Gasteiger partial charge in [-0.15, -0.1) is 0 Å². The summed E-state index contributed by atoms with van der Waals surface area (Å²) < 4.78 is 0. The maximum Gasteiger partial charge on any atom is -0.0000000000184 e. The summed E-state index contributed by atoms with van der Waals surface area (Å²) in [5.41, 5.74) is 0. The molecule has 0 aromatic carbocycles. The first-order valence-corrected chi connectivity index (χ1v) is 20.2. The van der Waals surface area contributed by atoms with Crippen molar-refractivity contribution in [3.8, 4) is 0 Å². The molecule has 12 heavy (non-hydrogen) atoms. The Morgan fingerprint density at radius 2 is 1.08 bits per heavy atom. The van der Waals surface area contributed by atoms with Crippen LogP contribution in [0.25, 0.3) is 0 Å². The van der Waals surface area contributed by atoms with Gasteiger partial charge >= 0.3 is 0 Å². The van der Waals surface area contributed by atoms with E-state index in [4.69, 9.17) is 0 Å². The van der Waals surface area contributed by atoms with Gasteiger partial charge in [0.25, 0.3) is 0 Å². The van der Waals surface area contributed by atoms with Crippen molar-refractivity contribution in [2.75, 3.05) is 0 Å². The minimum absolute atomic E-state index is 0.356. The summed E-state index contributed by atoms with van der Waals surface area (Å²) in [7, 11) is 29.2. The summed E-state index contributed by atoms with van der Waals surface area (Å²) in [6, 6.07) is 0. The van der Waals surface area contributed by atoms with Gasteiger partial charge in [-0.05, 0) is 79.6 Å². The summed E-state index contributed by atoms with van der Waals surface area (Å²) in [4.78, 5) is 0. The van der Waals surface area contributed by atoms with E-state index in [2.05, 4.69) is 62.5 Å². The fourth-order valence-corrected chi connectivity index (χ4v) is 54.2. The molecule has 0 aliphatic heterocycles. The molecule has 0 saturated carbocycles. The SMILES string of the molecule is [P]P([P])P([P])P([P])P([P])P([PH])[PH]. The molecule has 0 aliphatic carbocycles. The highest BCUT2D eigenvalue weighted by Crippen LogP contribution is 3.13. The predicted octanol–water partition coefficient (Wildman–Crippen LogP) is 9.80. The average molecular weight is 374 g/mol.